The van der Waals surface area contributed by atoms with E-state index in [4.69, 9.17) is 0 Å². The Kier molecular flexibility index (Phi) is 5.33. The monoisotopic (exact) mass is 412 g/mol. The molecule has 2 saturated heterocycles. The summed E-state index contributed by atoms with van der Waals surface area (Å²) in [5, 5.41) is -0.235. The van der Waals surface area contributed by atoms with Gasteiger partial charge in [0, 0.05) is 25.6 Å². The Labute approximate surface area is 166 Å². The van der Waals surface area contributed by atoms with Gasteiger partial charge in [-0.2, -0.15) is 13.2 Å². The molecular weight excluding hydrogens is 389 g/mol. The number of amides is 2. The molecule has 0 unspecified atom stereocenters. The lowest BCUT2D eigenvalue weighted by molar-refractivity contribution is -0.137. The van der Waals surface area contributed by atoms with Crippen LogP contribution in [0.25, 0.3) is 0 Å². The van der Waals surface area contributed by atoms with Gasteiger partial charge in [-0.05, 0) is 49.3 Å². The van der Waals surface area contributed by atoms with Crippen molar-refractivity contribution in [3.63, 3.8) is 0 Å². The number of rotatable bonds is 4. The van der Waals surface area contributed by atoms with E-state index in [9.17, 15) is 22.8 Å². The number of benzene rings is 1. The summed E-state index contributed by atoms with van der Waals surface area (Å²) >= 11 is 1.46. The highest BCUT2D eigenvalue weighted by molar-refractivity contribution is 8.00. The molecule has 1 aromatic rings. The average Bonchev–Trinajstić information content (AvgIpc) is 3.46. The number of alkyl halides is 3. The van der Waals surface area contributed by atoms with Crippen LogP contribution in [0.3, 0.4) is 0 Å². The first kappa shape index (κ1) is 19.6. The van der Waals surface area contributed by atoms with Gasteiger partial charge >= 0.3 is 6.18 Å². The minimum absolute atomic E-state index is 0.0337. The first-order valence-electron chi connectivity index (χ1n) is 9.70. The molecule has 2 heterocycles. The number of hydrogen-bond donors (Lipinski definition) is 0. The molecule has 152 valence electrons. The molecule has 1 atom stereocenters. The van der Waals surface area contributed by atoms with Gasteiger partial charge in [0.05, 0.1) is 11.3 Å². The Hall–Kier alpha value is -1.70. The molecule has 4 nitrogen and oxygen atoms in total. The molecule has 1 aromatic carbocycles. The summed E-state index contributed by atoms with van der Waals surface area (Å²) in [6.07, 6.45) is -0.609. The lowest BCUT2D eigenvalue weighted by Gasteiger charge is -2.35. The van der Waals surface area contributed by atoms with Gasteiger partial charge in [-0.25, -0.2) is 0 Å². The van der Waals surface area contributed by atoms with Crippen LogP contribution in [-0.2, 0) is 15.8 Å². The third kappa shape index (κ3) is 4.16. The first-order chi connectivity index (χ1) is 13.3. The van der Waals surface area contributed by atoms with E-state index in [1.807, 2.05) is 4.90 Å². The van der Waals surface area contributed by atoms with Crippen LogP contribution >= 0.6 is 11.8 Å². The zero-order valence-electron chi connectivity index (χ0n) is 15.5. The molecule has 0 aromatic heterocycles. The second kappa shape index (κ2) is 7.61. The molecule has 1 aliphatic carbocycles. The molecule has 0 radical (unpaired) electrons. The molecule has 2 amide bonds. The van der Waals surface area contributed by atoms with Gasteiger partial charge in [0.15, 0.2) is 0 Å². The highest BCUT2D eigenvalue weighted by Crippen LogP contribution is 2.41. The average molecular weight is 412 g/mol. The molecule has 8 heteroatoms. The Balaban J connectivity index is 1.38. The van der Waals surface area contributed by atoms with Crippen LogP contribution in [0.2, 0.25) is 0 Å². The van der Waals surface area contributed by atoms with Crippen molar-refractivity contribution >= 4 is 23.6 Å². The fourth-order valence-corrected chi connectivity index (χ4v) is 5.17. The number of piperidine rings is 1. The SMILES string of the molecule is O=C(C1CC1)N1CCC(CN2C(=O)CS[C@H]2c2ccc(C(F)(F)F)cc2)CC1. The topological polar surface area (TPSA) is 40.6 Å². The Bertz CT molecular complexity index is 741. The predicted octanol–water partition coefficient (Wildman–Crippen LogP) is 3.93. The maximum atomic E-state index is 12.8. The van der Waals surface area contributed by atoms with Crippen LogP contribution < -0.4 is 0 Å². The highest BCUT2D eigenvalue weighted by atomic mass is 32.2. The molecule has 3 fully saturated rings. The van der Waals surface area contributed by atoms with Crippen LogP contribution in [0, 0.1) is 11.8 Å². The van der Waals surface area contributed by atoms with Crippen molar-refractivity contribution in [2.24, 2.45) is 11.8 Å². The lowest BCUT2D eigenvalue weighted by Crippen LogP contribution is -2.42. The zero-order chi connectivity index (χ0) is 19.9. The molecule has 4 rings (SSSR count). The minimum atomic E-state index is -4.36. The van der Waals surface area contributed by atoms with E-state index in [0.29, 0.717) is 18.2 Å². The summed E-state index contributed by atoms with van der Waals surface area (Å²) < 4.78 is 38.4. The van der Waals surface area contributed by atoms with Crippen molar-refractivity contribution in [2.75, 3.05) is 25.4 Å². The number of thioether (sulfide) groups is 1. The van der Waals surface area contributed by atoms with Gasteiger partial charge in [-0.1, -0.05) is 12.1 Å². The van der Waals surface area contributed by atoms with E-state index in [-0.39, 0.29) is 23.1 Å². The van der Waals surface area contributed by atoms with E-state index < -0.39 is 11.7 Å². The van der Waals surface area contributed by atoms with E-state index in [0.717, 1.165) is 56.5 Å². The van der Waals surface area contributed by atoms with E-state index in [1.54, 1.807) is 4.90 Å². The van der Waals surface area contributed by atoms with Gasteiger partial charge in [0.25, 0.3) is 0 Å². The molecule has 0 N–H and O–H groups in total. The van der Waals surface area contributed by atoms with E-state index in [1.165, 1.54) is 23.9 Å². The third-order valence-corrected chi connectivity index (χ3v) is 7.05. The highest BCUT2D eigenvalue weighted by Gasteiger charge is 2.38. The number of hydrogen-bond acceptors (Lipinski definition) is 3. The Morgan fingerprint density at radius 3 is 2.29 bits per heavy atom. The largest absolute Gasteiger partial charge is 0.416 e. The van der Waals surface area contributed by atoms with Crippen molar-refractivity contribution in [3.05, 3.63) is 35.4 Å². The van der Waals surface area contributed by atoms with Crippen molar-refractivity contribution in [2.45, 2.75) is 37.2 Å². The summed E-state index contributed by atoms with van der Waals surface area (Å²) in [5.74, 6) is 1.21. The van der Waals surface area contributed by atoms with E-state index in [2.05, 4.69) is 0 Å². The molecule has 1 saturated carbocycles. The smallest absolute Gasteiger partial charge is 0.342 e. The number of carbonyl (C=O) groups excluding carboxylic acids is 2. The van der Waals surface area contributed by atoms with Crippen LogP contribution in [-0.4, -0.2) is 47.0 Å². The van der Waals surface area contributed by atoms with Crippen LogP contribution in [0.4, 0.5) is 13.2 Å². The number of halogens is 3. The summed E-state index contributed by atoms with van der Waals surface area (Å²) in [4.78, 5) is 28.3. The molecule has 3 aliphatic rings. The molecule has 0 bridgehead atoms. The van der Waals surface area contributed by atoms with E-state index >= 15 is 0 Å². The van der Waals surface area contributed by atoms with Crippen molar-refractivity contribution < 1.29 is 22.8 Å². The van der Waals surface area contributed by atoms with Gasteiger partial charge in [0.1, 0.15) is 5.37 Å². The number of nitrogens with zero attached hydrogens (tertiary/aromatic N) is 2. The van der Waals surface area contributed by atoms with Gasteiger partial charge < -0.3 is 9.80 Å². The van der Waals surface area contributed by atoms with Crippen LogP contribution in [0.15, 0.2) is 24.3 Å². The van der Waals surface area contributed by atoms with Crippen molar-refractivity contribution in [1.82, 2.24) is 9.80 Å². The van der Waals surface area contributed by atoms with Crippen LogP contribution in [0.5, 0.6) is 0 Å². The lowest BCUT2D eigenvalue weighted by atomic mass is 9.95. The fourth-order valence-electron chi connectivity index (χ4n) is 3.97. The fraction of sp³-hybridized carbons (Fsp3) is 0.600. The summed E-state index contributed by atoms with van der Waals surface area (Å²) in [5.41, 5.74) is 0.0509. The first-order valence-corrected chi connectivity index (χ1v) is 10.7. The molecule has 2 aliphatic heterocycles. The Morgan fingerprint density at radius 2 is 1.71 bits per heavy atom. The quantitative estimate of drug-likeness (QED) is 0.753. The third-order valence-electron chi connectivity index (χ3n) is 5.80. The molecule has 28 heavy (non-hydrogen) atoms. The summed E-state index contributed by atoms with van der Waals surface area (Å²) in [7, 11) is 0. The van der Waals surface area contributed by atoms with Crippen LogP contribution in [0.1, 0.15) is 42.2 Å². The maximum Gasteiger partial charge on any atom is 0.416 e. The normalized spacial score (nSPS) is 24.1. The predicted molar refractivity (Wildman–Crippen MR) is 100 cm³/mol. The zero-order valence-corrected chi connectivity index (χ0v) is 16.3. The molecular formula is C20H23F3N2O2S. The summed E-state index contributed by atoms with van der Waals surface area (Å²) in [6, 6.07) is 5.11. The number of likely N-dealkylation sites (tertiary alicyclic amines) is 1. The number of carbonyl (C=O) groups is 2. The Morgan fingerprint density at radius 1 is 1.07 bits per heavy atom. The second-order valence-electron chi connectivity index (χ2n) is 7.87. The maximum absolute atomic E-state index is 12.8. The van der Waals surface area contributed by atoms with Crippen molar-refractivity contribution in [1.29, 1.82) is 0 Å². The summed E-state index contributed by atoms with van der Waals surface area (Å²) in [6.45, 7) is 2.07. The van der Waals surface area contributed by atoms with Gasteiger partial charge in [0.2, 0.25) is 11.8 Å². The van der Waals surface area contributed by atoms with Gasteiger partial charge in [-0.15, -0.1) is 11.8 Å². The standard InChI is InChI=1S/C20H23F3N2O2S/c21-20(22,23)16-5-3-15(4-6-16)19-25(17(26)12-28-19)11-13-7-9-24(10-8-13)18(27)14-1-2-14/h3-6,13-14,19H,1-2,7-12H2/t19-/m0/s1. The molecule has 0 spiro atoms. The van der Waals surface area contributed by atoms with Gasteiger partial charge in [-0.3, -0.25) is 9.59 Å². The second-order valence-corrected chi connectivity index (χ2v) is 8.94. The minimum Gasteiger partial charge on any atom is -0.342 e. The van der Waals surface area contributed by atoms with Crippen molar-refractivity contribution in [3.8, 4) is 0 Å².